The smallest absolute Gasteiger partial charge is 0.122 e. The molecule has 0 bridgehead atoms. The lowest BCUT2D eigenvalue weighted by molar-refractivity contribution is 0.185. The minimum Gasteiger partial charge on any atom is -0.468 e. The Morgan fingerprint density at radius 1 is 1.14 bits per heavy atom. The molecule has 0 aliphatic carbocycles. The molecule has 1 unspecified atom stereocenters. The second kappa shape index (κ2) is 7.98. The molecule has 0 fully saturated rings. The van der Waals surface area contributed by atoms with E-state index in [1.165, 1.54) is 11.1 Å². The Labute approximate surface area is 126 Å². The number of furan rings is 1. The van der Waals surface area contributed by atoms with Crippen LogP contribution < -0.4 is 5.32 Å². The van der Waals surface area contributed by atoms with Gasteiger partial charge in [0.15, 0.2) is 0 Å². The number of rotatable bonds is 8. The third kappa shape index (κ3) is 4.70. The first kappa shape index (κ1) is 15.8. The molecule has 1 N–H and O–H groups in total. The standard InChI is InChI=1S/C17H24N2O2/c1-19(2)16(17-5-4-10-21-17)12-18-11-14-6-8-15(9-7-14)13-20-3/h4-10,16,18H,11-13H2,1-3H3. The average molecular weight is 288 g/mol. The quantitative estimate of drug-likeness (QED) is 0.810. The summed E-state index contributed by atoms with van der Waals surface area (Å²) in [5.41, 5.74) is 2.47. The fourth-order valence-electron chi connectivity index (χ4n) is 2.29. The molecule has 0 amide bonds. The van der Waals surface area contributed by atoms with E-state index in [-0.39, 0.29) is 6.04 Å². The second-order valence-electron chi connectivity index (χ2n) is 5.38. The van der Waals surface area contributed by atoms with Crippen LogP contribution in [0.3, 0.4) is 0 Å². The number of hydrogen-bond acceptors (Lipinski definition) is 4. The molecule has 2 aromatic rings. The third-order valence-corrected chi connectivity index (χ3v) is 3.50. The van der Waals surface area contributed by atoms with Gasteiger partial charge in [-0.1, -0.05) is 24.3 Å². The fourth-order valence-corrected chi connectivity index (χ4v) is 2.29. The molecule has 0 saturated carbocycles. The van der Waals surface area contributed by atoms with Crippen LogP contribution in [0, 0.1) is 0 Å². The highest BCUT2D eigenvalue weighted by molar-refractivity contribution is 5.22. The van der Waals surface area contributed by atoms with Crippen LogP contribution in [0.1, 0.15) is 22.9 Å². The van der Waals surface area contributed by atoms with Crippen LogP contribution in [0.2, 0.25) is 0 Å². The minimum atomic E-state index is 0.243. The molecule has 4 nitrogen and oxygen atoms in total. The molecular formula is C17H24N2O2. The highest BCUT2D eigenvalue weighted by Gasteiger charge is 2.15. The lowest BCUT2D eigenvalue weighted by Crippen LogP contribution is -2.30. The van der Waals surface area contributed by atoms with E-state index >= 15 is 0 Å². The fraction of sp³-hybridized carbons (Fsp3) is 0.412. The van der Waals surface area contributed by atoms with Crippen molar-refractivity contribution < 1.29 is 9.15 Å². The van der Waals surface area contributed by atoms with Crippen LogP contribution in [0.15, 0.2) is 47.1 Å². The summed E-state index contributed by atoms with van der Waals surface area (Å²) in [6.45, 7) is 2.35. The van der Waals surface area contributed by atoms with E-state index < -0.39 is 0 Å². The molecule has 0 radical (unpaired) electrons. The molecule has 1 aromatic carbocycles. The van der Waals surface area contributed by atoms with Crippen molar-refractivity contribution in [2.45, 2.75) is 19.2 Å². The van der Waals surface area contributed by atoms with Crippen LogP contribution in [0.5, 0.6) is 0 Å². The van der Waals surface area contributed by atoms with Crippen molar-refractivity contribution >= 4 is 0 Å². The number of hydrogen-bond donors (Lipinski definition) is 1. The summed E-state index contributed by atoms with van der Waals surface area (Å²) in [5, 5.41) is 3.49. The van der Waals surface area contributed by atoms with Crippen molar-refractivity contribution in [1.82, 2.24) is 10.2 Å². The van der Waals surface area contributed by atoms with Crippen molar-refractivity contribution in [3.8, 4) is 0 Å². The number of ether oxygens (including phenoxy) is 1. The molecule has 1 aromatic heterocycles. The summed E-state index contributed by atoms with van der Waals surface area (Å²) in [7, 11) is 5.84. The number of likely N-dealkylation sites (N-methyl/N-ethyl adjacent to an activating group) is 1. The van der Waals surface area contributed by atoms with E-state index in [0.29, 0.717) is 6.61 Å². The topological polar surface area (TPSA) is 37.6 Å². The van der Waals surface area contributed by atoms with Gasteiger partial charge in [-0.05, 0) is 37.4 Å². The van der Waals surface area contributed by atoms with Crippen molar-refractivity contribution in [2.75, 3.05) is 27.7 Å². The van der Waals surface area contributed by atoms with Gasteiger partial charge >= 0.3 is 0 Å². The summed E-state index contributed by atoms with van der Waals surface area (Å²) in [6, 6.07) is 12.7. The summed E-state index contributed by atoms with van der Waals surface area (Å²) in [6.07, 6.45) is 1.72. The predicted octanol–water partition coefficient (Wildman–Crippen LogP) is 2.82. The molecule has 2 rings (SSSR count). The van der Waals surface area contributed by atoms with E-state index in [4.69, 9.17) is 9.15 Å². The Morgan fingerprint density at radius 2 is 1.86 bits per heavy atom. The van der Waals surface area contributed by atoms with Crippen LogP contribution >= 0.6 is 0 Å². The highest BCUT2D eigenvalue weighted by atomic mass is 16.5. The number of nitrogens with zero attached hydrogens (tertiary/aromatic N) is 1. The first-order valence-electron chi connectivity index (χ1n) is 7.18. The molecule has 0 saturated heterocycles. The van der Waals surface area contributed by atoms with Crippen molar-refractivity contribution in [2.24, 2.45) is 0 Å². The Hall–Kier alpha value is -1.62. The van der Waals surface area contributed by atoms with Gasteiger partial charge in [0.2, 0.25) is 0 Å². The summed E-state index contributed by atoms with van der Waals surface area (Å²) >= 11 is 0. The molecule has 0 aliphatic rings. The van der Waals surface area contributed by atoms with Crippen LogP contribution in [-0.4, -0.2) is 32.6 Å². The van der Waals surface area contributed by atoms with Gasteiger partial charge in [0, 0.05) is 20.2 Å². The SMILES string of the molecule is COCc1ccc(CNCC(c2ccco2)N(C)C)cc1. The van der Waals surface area contributed by atoms with Crippen molar-refractivity contribution in [1.29, 1.82) is 0 Å². The van der Waals surface area contributed by atoms with Gasteiger partial charge in [0.1, 0.15) is 5.76 Å². The average Bonchev–Trinajstić information content (AvgIpc) is 2.99. The van der Waals surface area contributed by atoms with E-state index in [1.807, 2.05) is 12.1 Å². The zero-order chi connectivity index (χ0) is 15.1. The first-order chi connectivity index (χ1) is 10.2. The zero-order valence-electron chi connectivity index (χ0n) is 13.0. The Kier molecular flexibility index (Phi) is 5.99. The molecule has 0 aliphatic heterocycles. The maximum absolute atomic E-state index is 5.51. The molecule has 1 atom stereocenters. The Balaban J connectivity index is 1.84. The Bertz CT molecular complexity index is 506. The summed E-state index contributed by atoms with van der Waals surface area (Å²) in [4.78, 5) is 2.16. The lowest BCUT2D eigenvalue weighted by atomic mass is 10.1. The zero-order valence-corrected chi connectivity index (χ0v) is 13.0. The largest absolute Gasteiger partial charge is 0.468 e. The van der Waals surface area contributed by atoms with Crippen LogP contribution in [0.25, 0.3) is 0 Å². The molecular weight excluding hydrogens is 264 g/mol. The maximum Gasteiger partial charge on any atom is 0.122 e. The van der Waals surface area contributed by atoms with Crippen LogP contribution in [-0.2, 0) is 17.9 Å². The molecule has 21 heavy (non-hydrogen) atoms. The van der Waals surface area contributed by atoms with Gasteiger partial charge in [0.25, 0.3) is 0 Å². The maximum atomic E-state index is 5.51. The van der Waals surface area contributed by atoms with Gasteiger partial charge in [-0.25, -0.2) is 0 Å². The summed E-state index contributed by atoms with van der Waals surface area (Å²) in [5.74, 6) is 0.989. The third-order valence-electron chi connectivity index (χ3n) is 3.50. The molecule has 114 valence electrons. The van der Waals surface area contributed by atoms with Gasteiger partial charge < -0.3 is 14.5 Å². The van der Waals surface area contributed by atoms with Crippen LogP contribution in [0.4, 0.5) is 0 Å². The minimum absolute atomic E-state index is 0.243. The van der Waals surface area contributed by atoms with E-state index in [0.717, 1.165) is 18.8 Å². The van der Waals surface area contributed by atoms with Gasteiger partial charge in [0.05, 0.1) is 18.9 Å². The van der Waals surface area contributed by atoms with E-state index in [2.05, 4.69) is 48.6 Å². The highest BCUT2D eigenvalue weighted by Crippen LogP contribution is 2.17. The van der Waals surface area contributed by atoms with E-state index in [9.17, 15) is 0 Å². The predicted molar refractivity (Wildman–Crippen MR) is 84.0 cm³/mol. The number of nitrogens with one attached hydrogen (secondary N) is 1. The molecule has 4 heteroatoms. The van der Waals surface area contributed by atoms with Crippen molar-refractivity contribution in [3.63, 3.8) is 0 Å². The lowest BCUT2D eigenvalue weighted by Gasteiger charge is -2.22. The Morgan fingerprint density at radius 3 is 2.43 bits per heavy atom. The molecule has 1 heterocycles. The number of benzene rings is 1. The second-order valence-corrected chi connectivity index (χ2v) is 5.38. The summed E-state index contributed by atoms with van der Waals surface area (Å²) < 4.78 is 10.6. The number of methoxy groups -OCH3 is 1. The van der Waals surface area contributed by atoms with Crippen molar-refractivity contribution in [3.05, 3.63) is 59.5 Å². The van der Waals surface area contributed by atoms with Gasteiger partial charge in [-0.15, -0.1) is 0 Å². The van der Waals surface area contributed by atoms with Gasteiger partial charge in [-0.3, -0.25) is 4.90 Å². The normalized spacial score (nSPS) is 12.8. The first-order valence-corrected chi connectivity index (χ1v) is 7.18. The molecule has 0 spiro atoms. The monoisotopic (exact) mass is 288 g/mol. The van der Waals surface area contributed by atoms with E-state index in [1.54, 1.807) is 13.4 Å². The van der Waals surface area contributed by atoms with Gasteiger partial charge in [-0.2, -0.15) is 0 Å².